The molecule has 1 atom stereocenters. The van der Waals surface area contributed by atoms with Gasteiger partial charge in [-0.1, -0.05) is 20.8 Å². The fourth-order valence-corrected chi connectivity index (χ4v) is 2.66. The van der Waals surface area contributed by atoms with E-state index >= 15 is 0 Å². The van der Waals surface area contributed by atoms with Gasteiger partial charge in [-0.2, -0.15) is 5.26 Å². The van der Waals surface area contributed by atoms with Crippen molar-refractivity contribution >= 4 is 6.09 Å². The van der Waals surface area contributed by atoms with Gasteiger partial charge in [-0.05, 0) is 37.0 Å². The second-order valence-electron chi connectivity index (χ2n) is 5.96. The molecule has 96 valence electrons. The highest BCUT2D eigenvalue weighted by molar-refractivity contribution is 5.64. The Morgan fingerprint density at radius 3 is 2.24 bits per heavy atom. The first kappa shape index (κ1) is 13.8. The number of carbonyl (C=O) groups excluding carboxylic acids is 1. The quantitative estimate of drug-likeness (QED) is 0.803. The molecular formula is C13H22N2O2. The van der Waals surface area contributed by atoms with Gasteiger partial charge in [-0.3, -0.25) is 0 Å². The van der Waals surface area contributed by atoms with Crippen molar-refractivity contribution in [3.8, 4) is 6.07 Å². The molecule has 0 bridgehead atoms. The number of hydrogen-bond donors (Lipinski definition) is 1. The van der Waals surface area contributed by atoms with E-state index in [1.165, 1.54) is 0 Å². The molecule has 1 amide bonds. The molecule has 4 nitrogen and oxygen atoms in total. The minimum absolute atomic E-state index is 0.112. The van der Waals surface area contributed by atoms with Crippen molar-refractivity contribution < 1.29 is 9.53 Å². The SMILES string of the molecule is CC(C)(C)C(OC(N)=O)C1CCC(C#N)CC1. The first-order valence-corrected chi connectivity index (χ1v) is 6.20. The Bertz CT molecular complexity index is 306. The maximum Gasteiger partial charge on any atom is 0.404 e. The largest absolute Gasteiger partial charge is 0.446 e. The molecule has 0 heterocycles. The summed E-state index contributed by atoms with van der Waals surface area (Å²) in [5, 5.41) is 8.87. The Balaban J connectivity index is 2.66. The first-order chi connectivity index (χ1) is 7.84. The summed E-state index contributed by atoms with van der Waals surface area (Å²) in [7, 11) is 0. The van der Waals surface area contributed by atoms with Crippen LogP contribution in [0.4, 0.5) is 4.79 Å². The minimum atomic E-state index is -0.702. The normalized spacial score (nSPS) is 26.9. The third-order valence-corrected chi connectivity index (χ3v) is 3.48. The van der Waals surface area contributed by atoms with Gasteiger partial charge < -0.3 is 10.5 Å². The van der Waals surface area contributed by atoms with Crippen LogP contribution in [0.15, 0.2) is 0 Å². The number of rotatable bonds is 2. The lowest BCUT2D eigenvalue weighted by Gasteiger charge is -2.38. The summed E-state index contributed by atoms with van der Waals surface area (Å²) in [4.78, 5) is 11.0. The molecule has 1 saturated carbocycles. The van der Waals surface area contributed by atoms with Gasteiger partial charge in [-0.15, -0.1) is 0 Å². The van der Waals surface area contributed by atoms with Crippen LogP contribution in [-0.2, 0) is 4.74 Å². The van der Waals surface area contributed by atoms with E-state index in [-0.39, 0.29) is 17.4 Å². The lowest BCUT2D eigenvalue weighted by Crippen LogP contribution is -2.41. The van der Waals surface area contributed by atoms with Crippen LogP contribution in [-0.4, -0.2) is 12.2 Å². The Morgan fingerprint density at radius 2 is 1.88 bits per heavy atom. The summed E-state index contributed by atoms with van der Waals surface area (Å²) in [6.45, 7) is 6.16. The van der Waals surface area contributed by atoms with Gasteiger partial charge in [0.25, 0.3) is 0 Å². The number of nitrogens with zero attached hydrogens (tertiary/aromatic N) is 1. The van der Waals surface area contributed by atoms with Gasteiger partial charge in [0.1, 0.15) is 6.10 Å². The van der Waals surface area contributed by atoms with E-state index in [1.807, 2.05) is 0 Å². The third-order valence-electron chi connectivity index (χ3n) is 3.48. The predicted molar refractivity (Wildman–Crippen MR) is 65.0 cm³/mol. The standard InChI is InChI=1S/C13H22N2O2/c1-13(2,3)11(17-12(15)16)10-6-4-9(8-14)5-7-10/h9-11H,4-7H2,1-3H3,(H2,15,16). The van der Waals surface area contributed by atoms with Crippen LogP contribution in [0.2, 0.25) is 0 Å². The van der Waals surface area contributed by atoms with E-state index in [0.29, 0.717) is 5.92 Å². The van der Waals surface area contributed by atoms with E-state index in [1.54, 1.807) is 0 Å². The summed E-state index contributed by atoms with van der Waals surface area (Å²) in [5.74, 6) is 0.493. The molecule has 0 spiro atoms. The summed E-state index contributed by atoms with van der Waals surface area (Å²) in [6, 6.07) is 2.31. The number of ether oxygens (including phenoxy) is 1. The third kappa shape index (κ3) is 3.92. The van der Waals surface area contributed by atoms with Gasteiger partial charge in [0.2, 0.25) is 0 Å². The summed E-state index contributed by atoms with van der Waals surface area (Å²) >= 11 is 0. The van der Waals surface area contributed by atoms with Crippen LogP contribution >= 0.6 is 0 Å². The number of nitrogens with two attached hydrogens (primary N) is 1. The van der Waals surface area contributed by atoms with Gasteiger partial charge >= 0.3 is 6.09 Å². The van der Waals surface area contributed by atoms with Crippen LogP contribution in [0.25, 0.3) is 0 Å². The van der Waals surface area contributed by atoms with Crippen LogP contribution in [0.1, 0.15) is 46.5 Å². The van der Waals surface area contributed by atoms with E-state index in [0.717, 1.165) is 25.7 Å². The van der Waals surface area contributed by atoms with Gasteiger partial charge in [-0.25, -0.2) is 4.79 Å². The first-order valence-electron chi connectivity index (χ1n) is 6.20. The molecule has 1 unspecified atom stereocenters. The summed E-state index contributed by atoms with van der Waals surface area (Å²) < 4.78 is 5.28. The number of carbonyl (C=O) groups is 1. The van der Waals surface area contributed by atoms with Crippen molar-refractivity contribution in [2.75, 3.05) is 0 Å². The van der Waals surface area contributed by atoms with Crippen LogP contribution in [0.5, 0.6) is 0 Å². The van der Waals surface area contributed by atoms with E-state index < -0.39 is 6.09 Å². The van der Waals surface area contributed by atoms with Crippen molar-refractivity contribution in [3.05, 3.63) is 0 Å². The molecule has 0 aromatic heterocycles. The zero-order valence-corrected chi connectivity index (χ0v) is 10.9. The molecule has 0 aromatic rings. The van der Waals surface area contributed by atoms with Crippen LogP contribution < -0.4 is 5.73 Å². The Morgan fingerprint density at radius 1 is 1.35 bits per heavy atom. The molecule has 0 aromatic carbocycles. The van der Waals surface area contributed by atoms with Gasteiger partial charge in [0.05, 0.1) is 6.07 Å². The topological polar surface area (TPSA) is 76.1 Å². The lowest BCUT2D eigenvalue weighted by atomic mass is 9.72. The van der Waals surface area contributed by atoms with Crippen molar-refractivity contribution in [1.82, 2.24) is 0 Å². The summed E-state index contributed by atoms with van der Waals surface area (Å²) in [5.41, 5.74) is 5.02. The zero-order valence-electron chi connectivity index (χ0n) is 10.9. The maximum absolute atomic E-state index is 11.0. The van der Waals surface area contributed by atoms with E-state index in [4.69, 9.17) is 15.7 Å². The number of hydrogen-bond acceptors (Lipinski definition) is 3. The van der Waals surface area contributed by atoms with Crippen molar-refractivity contribution in [2.24, 2.45) is 23.0 Å². The molecule has 0 saturated heterocycles. The monoisotopic (exact) mass is 238 g/mol. The highest BCUT2D eigenvalue weighted by Crippen LogP contribution is 2.38. The molecular weight excluding hydrogens is 216 g/mol. The smallest absolute Gasteiger partial charge is 0.404 e. The average Bonchev–Trinajstić information content (AvgIpc) is 2.24. The van der Waals surface area contributed by atoms with Gasteiger partial charge in [0.15, 0.2) is 0 Å². The highest BCUT2D eigenvalue weighted by atomic mass is 16.6. The molecule has 1 fully saturated rings. The minimum Gasteiger partial charge on any atom is -0.446 e. The fourth-order valence-electron chi connectivity index (χ4n) is 2.66. The Hall–Kier alpha value is -1.24. The average molecular weight is 238 g/mol. The molecule has 1 aliphatic rings. The van der Waals surface area contributed by atoms with Crippen LogP contribution in [0, 0.1) is 28.6 Å². The molecule has 2 N–H and O–H groups in total. The van der Waals surface area contributed by atoms with Crippen LogP contribution in [0.3, 0.4) is 0 Å². The van der Waals surface area contributed by atoms with Crippen molar-refractivity contribution in [3.63, 3.8) is 0 Å². The second-order valence-corrected chi connectivity index (χ2v) is 5.96. The van der Waals surface area contributed by atoms with Gasteiger partial charge in [0, 0.05) is 5.92 Å². The Kier molecular flexibility index (Phi) is 4.39. The predicted octanol–water partition coefficient (Wildman–Crippen LogP) is 2.83. The number of nitriles is 1. The fraction of sp³-hybridized carbons (Fsp3) is 0.846. The zero-order chi connectivity index (χ0) is 13.1. The van der Waals surface area contributed by atoms with E-state index in [9.17, 15) is 4.79 Å². The molecule has 17 heavy (non-hydrogen) atoms. The van der Waals surface area contributed by atoms with Crippen molar-refractivity contribution in [1.29, 1.82) is 5.26 Å². The molecule has 1 aliphatic carbocycles. The molecule has 1 rings (SSSR count). The molecule has 0 radical (unpaired) electrons. The summed E-state index contributed by atoms with van der Waals surface area (Å²) in [6.07, 6.45) is 2.82. The van der Waals surface area contributed by atoms with E-state index in [2.05, 4.69) is 26.8 Å². The molecule has 0 aliphatic heterocycles. The molecule has 4 heteroatoms. The maximum atomic E-state index is 11.0. The highest BCUT2D eigenvalue weighted by Gasteiger charge is 2.37. The lowest BCUT2D eigenvalue weighted by molar-refractivity contribution is -0.0172. The Labute approximate surface area is 103 Å². The number of amides is 1. The second kappa shape index (κ2) is 5.39. The number of primary amides is 1. The van der Waals surface area contributed by atoms with Crippen molar-refractivity contribution in [2.45, 2.75) is 52.6 Å².